The maximum absolute atomic E-state index is 11.7. The first kappa shape index (κ1) is 16.7. The number of methoxy groups -OCH3 is 1. The van der Waals surface area contributed by atoms with E-state index in [1.807, 2.05) is 13.8 Å². The van der Waals surface area contributed by atoms with E-state index in [0.717, 1.165) is 19.6 Å². The zero-order valence-corrected chi connectivity index (χ0v) is 11.8. The van der Waals surface area contributed by atoms with Gasteiger partial charge in [-0.25, -0.2) is 0 Å². The van der Waals surface area contributed by atoms with E-state index in [-0.39, 0.29) is 24.2 Å². The van der Waals surface area contributed by atoms with E-state index in [4.69, 9.17) is 10.5 Å². The summed E-state index contributed by atoms with van der Waals surface area (Å²) in [5.74, 6) is 0.160. The molecule has 102 valence electrons. The molecule has 1 atom stereocenters. The number of hydrogen-bond donors (Lipinski definition) is 2. The quantitative estimate of drug-likeness (QED) is 0.729. The molecule has 1 amide bonds. The summed E-state index contributed by atoms with van der Waals surface area (Å²) >= 11 is 0. The van der Waals surface area contributed by atoms with Gasteiger partial charge in [0.25, 0.3) is 0 Å². The SMILES string of the molecule is COCCC1(CNC(=O)[C@@H](N)C(C)C)CC1.Cl. The molecule has 0 radical (unpaired) electrons. The van der Waals surface area contributed by atoms with Crippen molar-refractivity contribution in [3.63, 3.8) is 0 Å². The fraction of sp³-hybridized carbons (Fsp3) is 0.917. The molecule has 0 aromatic carbocycles. The van der Waals surface area contributed by atoms with Crippen molar-refractivity contribution in [3.05, 3.63) is 0 Å². The Bertz CT molecular complexity index is 243. The monoisotopic (exact) mass is 264 g/mol. The Morgan fingerprint density at radius 2 is 2.06 bits per heavy atom. The molecule has 17 heavy (non-hydrogen) atoms. The molecule has 3 N–H and O–H groups in total. The van der Waals surface area contributed by atoms with Gasteiger partial charge in [-0.05, 0) is 30.6 Å². The third-order valence-corrected chi connectivity index (χ3v) is 3.45. The van der Waals surface area contributed by atoms with Crippen LogP contribution >= 0.6 is 12.4 Å². The Hall–Kier alpha value is -0.320. The fourth-order valence-electron chi connectivity index (χ4n) is 1.71. The van der Waals surface area contributed by atoms with Gasteiger partial charge in [0.05, 0.1) is 6.04 Å². The Labute approximate surface area is 110 Å². The summed E-state index contributed by atoms with van der Waals surface area (Å²) in [6.07, 6.45) is 3.40. The van der Waals surface area contributed by atoms with E-state index < -0.39 is 6.04 Å². The minimum atomic E-state index is -0.391. The van der Waals surface area contributed by atoms with Crippen molar-refractivity contribution >= 4 is 18.3 Å². The maximum Gasteiger partial charge on any atom is 0.237 e. The average molecular weight is 265 g/mol. The van der Waals surface area contributed by atoms with Crippen molar-refractivity contribution in [1.29, 1.82) is 0 Å². The van der Waals surface area contributed by atoms with E-state index in [2.05, 4.69) is 5.32 Å². The molecule has 0 unspecified atom stereocenters. The second kappa shape index (κ2) is 7.19. The standard InChI is InChI=1S/C12H24N2O2.ClH/c1-9(2)10(13)11(15)14-8-12(4-5-12)6-7-16-3;/h9-10H,4-8,13H2,1-3H3,(H,14,15);1H/t10-;/m0./s1. The molecule has 1 aliphatic rings. The van der Waals surface area contributed by atoms with Crippen LogP contribution in [0.4, 0.5) is 0 Å². The lowest BCUT2D eigenvalue weighted by atomic mass is 10.0. The molecular formula is C12H25ClN2O2. The summed E-state index contributed by atoms with van der Waals surface area (Å²) < 4.78 is 5.07. The molecule has 0 bridgehead atoms. The molecule has 0 heterocycles. The molecule has 0 spiro atoms. The first-order chi connectivity index (χ1) is 7.51. The molecule has 1 fully saturated rings. The van der Waals surface area contributed by atoms with Crippen LogP contribution < -0.4 is 11.1 Å². The normalized spacial score (nSPS) is 18.4. The van der Waals surface area contributed by atoms with Crippen LogP contribution in [0.5, 0.6) is 0 Å². The van der Waals surface area contributed by atoms with Crippen molar-refractivity contribution in [1.82, 2.24) is 5.32 Å². The minimum absolute atomic E-state index is 0. The molecule has 4 nitrogen and oxygen atoms in total. The lowest BCUT2D eigenvalue weighted by molar-refractivity contribution is -0.123. The van der Waals surface area contributed by atoms with Gasteiger partial charge in [0.1, 0.15) is 0 Å². The first-order valence-corrected chi connectivity index (χ1v) is 6.03. The van der Waals surface area contributed by atoms with Crippen LogP contribution in [0.3, 0.4) is 0 Å². The molecule has 0 aromatic rings. The lowest BCUT2D eigenvalue weighted by Crippen LogP contribution is -2.45. The van der Waals surface area contributed by atoms with Crippen LogP contribution in [0.1, 0.15) is 33.1 Å². The van der Waals surface area contributed by atoms with Crippen LogP contribution in [0.15, 0.2) is 0 Å². The van der Waals surface area contributed by atoms with Gasteiger partial charge in [-0.15, -0.1) is 12.4 Å². The van der Waals surface area contributed by atoms with Gasteiger partial charge in [0.2, 0.25) is 5.91 Å². The third kappa shape index (κ3) is 5.23. The van der Waals surface area contributed by atoms with Crippen molar-refractivity contribution < 1.29 is 9.53 Å². The molecule has 1 rings (SSSR count). The number of nitrogens with two attached hydrogens (primary N) is 1. The first-order valence-electron chi connectivity index (χ1n) is 6.03. The highest BCUT2D eigenvalue weighted by molar-refractivity contribution is 5.85. The number of carbonyl (C=O) groups is 1. The fourth-order valence-corrected chi connectivity index (χ4v) is 1.71. The van der Waals surface area contributed by atoms with Gasteiger partial charge >= 0.3 is 0 Å². The van der Waals surface area contributed by atoms with E-state index in [1.54, 1.807) is 7.11 Å². The molecule has 0 aliphatic heterocycles. The molecule has 0 aromatic heterocycles. The van der Waals surface area contributed by atoms with E-state index >= 15 is 0 Å². The number of ether oxygens (including phenoxy) is 1. The highest BCUT2D eigenvalue weighted by Crippen LogP contribution is 2.48. The Kier molecular flexibility index (Phi) is 7.05. The largest absolute Gasteiger partial charge is 0.385 e. The van der Waals surface area contributed by atoms with Crippen LogP contribution in [-0.4, -0.2) is 32.2 Å². The highest BCUT2D eigenvalue weighted by Gasteiger charge is 2.42. The summed E-state index contributed by atoms with van der Waals surface area (Å²) in [7, 11) is 1.71. The summed E-state index contributed by atoms with van der Waals surface area (Å²) in [6.45, 7) is 5.44. The van der Waals surface area contributed by atoms with E-state index in [9.17, 15) is 4.79 Å². The van der Waals surface area contributed by atoms with Crippen LogP contribution in [0, 0.1) is 11.3 Å². The smallest absolute Gasteiger partial charge is 0.237 e. The Balaban J connectivity index is 0.00000256. The summed E-state index contributed by atoms with van der Waals surface area (Å²) in [4.78, 5) is 11.7. The van der Waals surface area contributed by atoms with Crippen LogP contribution in [0.2, 0.25) is 0 Å². The second-order valence-corrected chi connectivity index (χ2v) is 5.23. The number of carbonyl (C=O) groups excluding carboxylic acids is 1. The molecule has 0 saturated heterocycles. The number of hydrogen-bond acceptors (Lipinski definition) is 3. The van der Waals surface area contributed by atoms with E-state index in [1.165, 1.54) is 12.8 Å². The zero-order valence-electron chi connectivity index (χ0n) is 11.0. The highest BCUT2D eigenvalue weighted by atomic mass is 35.5. The number of nitrogens with one attached hydrogen (secondary N) is 1. The van der Waals surface area contributed by atoms with Gasteiger partial charge in [-0.1, -0.05) is 13.8 Å². The molecular weight excluding hydrogens is 240 g/mol. The van der Waals surface area contributed by atoms with Gasteiger partial charge < -0.3 is 15.8 Å². The predicted octanol–water partition coefficient (Wildman–Crippen LogP) is 1.32. The number of halogens is 1. The molecule has 5 heteroatoms. The van der Waals surface area contributed by atoms with Crippen LogP contribution in [-0.2, 0) is 9.53 Å². The lowest BCUT2D eigenvalue weighted by Gasteiger charge is -2.19. The molecule has 1 saturated carbocycles. The van der Waals surface area contributed by atoms with Crippen molar-refractivity contribution in [2.75, 3.05) is 20.3 Å². The van der Waals surface area contributed by atoms with Gasteiger partial charge in [0, 0.05) is 20.3 Å². The van der Waals surface area contributed by atoms with Crippen LogP contribution in [0.25, 0.3) is 0 Å². The number of rotatable bonds is 7. The summed E-state index contributed by atoms with van der Waals surface area (Å²) in [6, 6.07) is -0.391. The second-order valence-electron chi connectivity index (χ2n) is 5.23. The topological polar surface area (TPSA) is 64.3 Å². The average Bonchev–Trinajstić information content (AvgIpc) is 3.02. The predicted molar refractivity (Wildman–Crippen MR) is 71.2 cm³/mol. The van der Waals surface area contributed by atoms with Gasteiger partial charge in [0.15, 0.2) is 0 Å². The van der Waals surface area contributed by atoms with Crippen molar-refractivity contribution in [3.8, 4) is 0 Å². The van der Waals surface area contributed by atoms with Gasteiger partial charge in [-0.3, -0.25) is 4.79 Å². The minimum Gasteiger partial charge on any atom is -0.385 e. The van der Waals surface area contributed by atoms with Gasteiger partial charge in [-0.2, -0.15) is 0 Å². The van der Waals surface area contributed by atoms with E-state index in [0.29, 0.717) is 5.41 Å². The Morgan fingerprint density at radius 3 is 2.47 bits per heavy atom. The van der Waals surface area contributed by atoms with Crippen molar-refractivity contribution in [2.45, 2.75) is 39.2 Å². The summed E-state index contributed by atoms with van der Waals surface area (Å²) in [5, 5.41) is 2.96. The Morgan fingerprint density at radius 1 is 1.47 bits per heavy atom. The van der Waals surface area contributed by atoms with Crippen molar-refractivity contribution in [2.24, 2.45) is 17.1 Å². The summed E-state index contributed by atoms with van der Waals surface area (Å²) in [5.41, 5.74) is 6.07. The zero-order chi connectivity index (χ0) is 12.2. The number of amides is 1. The molecule has 1 aliphatic carbocycles. The third-order valence-electron chi connectivity index (χ3n) is 3.45. The maximum atomic E-state index is 11.7.